The number of phenols is 1. The number of hydrogen-bond donors (Lipinski definition) is 1. The summed E-state index contributed by atoms with van der Waals surface area (Å²) in [5, 5.41) is 10.7. The summed E-state index contributed by atoms with van der Waals surface area (Å²) in [6, 6.07) is 17.7. The Balaban J connectivity index is 1.96. The molecule has 0 saturated carbocycles. The van der Waals surface area contributed by atoms with E-state index in [9.17, 15) is 5.11 Å². The van der Waals surface area contributed by atoms with Crippen LogP contribution < -0.4 is 4.90 Å². The lowest BCUT2D eigenvalue weighted by molar-refractivity contribution is 0.476. The number of anilines is 1. The number of aryl methyl sites for hydroxylation is 1. The van der Waals surface area contributed by atoms with Crippen molar-refractivity contribution < 1.29 is 5.11 Å². The second kappa shape index (κ2) is 5.44. The molecular formula is C18H18N2O. The maximum Gasteiger partial charge on any atom is 0.129 e. The zero-order chi connectivity index (χ0) is 14.8. The van der Waals surface area contributed by atoms with Crippen molar-refractivity contribution in [3.63, 3.8) is 0 Å². The number of phenolic OH excluding ortho intramolecular Hbond substituents is 1. The number of nitrogens with zero attached hydrogens (tertiary/aromatic N) is 2. The van der Waals surface area contributed by atoms with Gasteiger partial charge in [0.05, 0.1) is 5.52 Å². The molecule has 0 fully saturated rings. The normalized spacial score (nSPS) is 10.8. The van der Waals surface area contributed by atoms with Gasteiger partial charge >= 0.3 is 0 Å². The summed E-state index contributed by atoms with van der Waals surface area (Å²) in [5.41, 5.74) is 3.23. The molecule has 0 unspecified atom stereocenters. The van der Waals surface area contributed by atoms with Crippen LogP contribution in [-0.4, -0.2) is 17.1 Å². The summed E-state index contributed by atoms with van der Waals surface area (Å²) in [7, 11) is 2.03. The second-order valence-electron chi connectivity index (χ2n) is 5.34. The van der Waals surface area contributed by atoms with Gasteiger partial charge in [0.2, 0.25) is 0 Å². The van der Waals surface area contributed by atoms with Crippen molar-refractivity contribution in [1.29, 1.82) is 0 Å². The van der Waals surface area contributed by atoms with E-state index >= 15 is 0 Å². The van der Waals surface area contributed by atoms with Gasteiger partial charge in [-0.3, -0.25) is 0 Å². The Labute approximate surface area is 124 Å². The first kappa shape index (κ1) is 13.4. The van der Waals surface area contributed by atoms with Crippen molar-refractivity contribution >= 4 is 16.7 Å². The summed E-state index contributed by atoms with van der Waals surface area (Å²) >= 11 is 0. The molecule has 21 heavy (non-hydrogen) atoms. The number of benzene rings is 2. The predicted molar refractivity (Wildman–Crippen MR) is 86.7 cm³/mol. The third-order valence-corrected chi connectivity index (χ3v) is 3.64. The van der Waals surface area contributed by atoms with E-state index in [-0.39, 0.29) is 5.75 Å². The molecule has 0 bridgehead atoms. The molecule has 0 radical (unpaired) electrons. The van der Waals surface area contributed by atoms with Crippen LogP contribution in [0.3, 0.4) is 0 Å². The number of fused-ring (bicyclic) bond motifs is 1. The highest BCUT2D eigenvalue weighted by Gasteiger charge is 2.08. The second-order valence-corrected chi connectivity index (χ2v) is 5.34. The number of aromatic hydroxyl groups is 1. The highest BCUT2D eigenvalue weighted by atomic mass is 16.3. The molecule has 1 aromatic heterocycles. The van der Waals surface area contributed by atoms with Crippen LogP contribution >= 0.6 is 0 Å². The highest BCUT2D eigenvalue weighted by molar-refractivity contribution is 5.85. The molecule has 0 aliphatic rings. The minimum atomic E-state index is 0.247. The van der Waals surface area contributed by atoms with Gasteiger partial charge in [0, 0.05) is 25.0 Å². The van der Waals surface area contributed by atoms with E-state index < -0.39 is 0 Å². The summed E-state index contributed by atoms with van der Waals surface area (Å²) in [5.74, 6) is 1.16. The van der Waals surface area contributed by atoms with E-state index in [2.05, 4.69) is 35.0 Å². The van der Waals surface area contributed by atoms with Crippen LogP contribution in [0.2, 0.25) is 0 Å². The lowest BCUT2D eigenvalue weighted by Gasteiger charge is -2.19. The van der Waals surface area contributed by atoms with Crippen LogP contribution in [0, 0.1) is 6.92 Å². The van der Waals surface area contributed by atoms with E-state index in [4.69, 9.17) is 0 Å². The molecule has 1 heterocycles. The average molecular weight is 278 g/mol. The van der Waals surface area contributed by atoms with E-state index in [0.717, 1.165) is 28.8 Å². The summed E-state index contributed by atoms with van der Waals surface area (Å²) in [6.07, 6.45) is 0. The fourth-order valence-electron chi connectivity index (χ4n) is 2.51. The molecule has 3 heteroatoms. The van der Waals surface area contributed by atoms with Crippen LogP contribution in [0.25, 0.3) is 10.9 Å². The van der Waals surface area contributed by atoms with Crippen LogP contribution in [-0.2, 0) is 6.54 Å². The van der Waals surface area contributed by atoms with Gasteiger partial charge in [-0.05, 0) is 36.2 Å². The third-order valence-electron chi connectivity index (χ3n) is 3.64. The van der Waals surface area contributed by atoms with Gasteiger partial charge in [0.1, 0.15) is 11.6 Å². The first-order valence-electron chi connectivity index (χ1n) is 6.99. The molecule has 0 amide bonds. The largest absolute Gasteiger partial charge is 0.508 e. The fraction of sp³-hybridized carbons (Fsp3) is 0.167. The molecule has 0 spiro atoms. The topological polar surface area (TPSA) is 36.4 Å². The smallest absolute Gasteiger partial charge is 0.129 e. The number of aromatic nitrogens is 1. The van der Waals surface area contributed by atoms with Gasteiger partial charge in [-0.25, -0.2) is 4.98 Å². The van der Waals surface area contributed by atoms with Crippen molar-refractivity contribution in [1.82, 2.24) is 4.98 Å². The molecule has 3 rings (SSSR count). The Morgan fingerprint density at radius 1 is 1.05 bits per heavy atom. The van der Waals surface area contributed by atoms with Crippen molar-refractivity contribution in [3.8, 4) is 5.75 Å². The van der Waals surface area contributed by atoms with E-state index in [1.165, 1.54) is 5.56 Å². The van der Waals surface area contributed by atoms with Crippen molar-refractivity contribution in [3.05, 3.63) is 65.7 Å². The van der Waals surface area contributed by atoms with Gasteiger partial charge in [0.25, 0.3) is 0 Å². The van der Waals surface area contributed by atoms with Gasteiger partial charge in [0.15, 0.2) is 0 Å². The Kier molecular flexibility index (Phi) is 3.48. The fourth-order valence-corrected chi connectivity index (χ4v) is 2.51. The maximum atomic E-state index is 9.63. The zero-order valence-corrected chi connectivity index (χ0v) is 12.2. The summed E-state index contributed by atoms with van der Waals surface area (Å²) in [6.45, 7) is 2.87. The van der Waals surface area contributed by atoms with Gasteiger partial charge in [-0.1, -0.05) is 30.3 Å². The molecule has 0 aliphatic carbocycles. The molecule has 1 N–H and O–H groups in total. The van der Waals surface area contributed by atoms with Gasteiger partial charge < -0.3 is 10.0 Å². The van der Waals surface area contributed by atoms with Crippen LogP contribution in [0.1, 0.15) is 11.1 Å². The van der Waals surface area contributed by atoms with E-state index in [1.807, 2.05) is 31.3 Å². The standard InChI is InChI=1S/C18H18N2O/c1-13-10-18(19-17-11-15(21)8-9-16(13)17)20(2)12-14-6-4-3-5-7-14/h3-11,21H,12H2,1-2H3. The SMILES string of the molecule is Cc1cc(N(C)Cc2ccccc2)nc2cc(O)ccc12. The van der Waals surface area contributed by atoms with Crippen LogP contribution in [0.5, 0.6) is 5.75 Å². The number of rotatable bonds is 3. The maximum absolute atomic E-state index is 9.63. The summed E-state index contributed by atoms with van der Waals surface area (Å²) in [4.78, 5) is 6.78. The van der Waals surface area contributed by atoms with Gasteiger partial charge in [-0.15, -0.1) is 0 Å². The highest BCUT2D eigenvalue weighted by Crippen LogP contribution is 2.25. The minimum absolute atomic E-state index is 0.247. The first-order valence-corrected chi connectivity index (χ1v) is 6.99. The Bertz CT molecular complexity index is 769. The average Bonchev–Trinajstić information content (AvgIpc) is 2.47. The van der Waals surface area contributed by atoms with E-state index in [0.29, 0.717) is 0 Å². The van der Waals surface area contributed by atoms with Crippen LogP contribution in [0.15, 0.2) is 54.6 Å². The number of hydrogen-bond acceptors (Lipinski definition) is 3. The zero-order valence-electron chi connectivity index (χ0n) is 12.2. The van der Waals surface area contributed by atoms with Crippen LogP contribution in [0.4, 0.5) is 5.82 Å². The van der Waals surface area contributed by atoms with Crippen molar-refractivity contribution in [2.75, 3.05) is 11.9 Å². The Morgan fingerprint density at radius 3 is 2.57 bits per heavy atom. The first-order chi connectivity index (χ1) is 10.1. The monoisotopic (exact) mass is 278 g/mol. The van der Waals surface area contributed by atoms with Crippen molar-refractivity contribution in [2.24, 2.45) is 0 Å². The molecule has 0 saturated heterocycles. The number of pyridine rings is 1. The molecule has 2 aromatic carbocycles. The third kappa shape index (κ3) is 2.82. The molecule has 106 valence electrons. The molecule has 3 aromatic rings. The molecule has 0 atom stereocenters. The molecule has 0 aliphatic heterocycles. The quantitative estimate of drug-likeness (QED) is 0.789. The Morgan fingerprint density at radius 2 is 1.81 bits per heavy atom. The van der Waals surface area contributed by atoms with Gasteiger partial charge in [-0.2, -0.15) is 0 Å². The lowest BCUT2D eigenvalue weighted by atomic mass is 10.1. The minimum Gasteiger partial charge on any atom is -0.508 e. The lowest BCUT2D eigenvalue weighted by Crippen LogP contribution is -2.17. The predicted octanol–water partition coefficient (Wildman–Crippen LogP) is 3.89. The van der Waals surface area contributed by atoms with Crippen molar-refractivity contribution in [2.45, 2.75) is 13.5 Å². The molecule has 3 nitrogen and oxygen atoms in total. The summed E-state index contributed by atoms with van der Waals surface area (Å²) < 4.78 is 0. The molecular weight excluding hydrogens is 260 g/mol. The van der Waals surface area contributed by atoms with E-state index in [1.54, 1.807) is 12.1 Å². The Hall–Kier alpha value is -2.55.